The van der Waals surface area contributed by atoms with Crippen LogP contribution < -0.4 is 4.46 Å². The predicted octanol–water partition coefficient (Wildman–Crippen LogP) is 2.56. The topological polar surface area (TPSA) is 9.23 Å². The average molecular weight is 293 g/mol. The van der Waals surface area contributed by atoms with Gasteiger partial charge in [0.15, 0.2) is 0 Å². The normalized spacial score (nSPS) is 35.1. The molecule has 2 heteroatoms. The molecule has 1 aromatic carbocycles. The van der Waals surface area contributed by atoms with Crippen LogP contribution in [0.5, 0.6) is 0 Å². The summed E-state index contributed by atoms with van der Waals surface area (Å²) in [6.07, 6.45) is 3.02. The standard InChI is InChI=1S/C15H18OSe/c1-11(2)15(13-9-6-10-16-14(13)15)17-12-7-4-3-5-8-12/h3-5,7-8,13-14H,1,6,9-10H2,2H3/t13-,14+,15+/m0/s1. The molecule has 1 nitrogen and oxygen atoms in total. The molecule has 1 saturated carbocycles. The van der Waals surface area contributed by atoms with E-state index in [1.165, 1.54) is 22.9 Å². The first-order valence-electron chi connectivity index (χ1n) is 6.27. The summed E-state index contributed by atoms with van der Waals surface area (Å²) in [5.41, 5.74) is 1.33. The molecular weight excluding hydrogens is 275 g/mol. The maximum atomic E-state index is 5.96. The number of fused-ring (bicyclic) bond motifs is 1. The molecule has 0 unspecified atom stereocenters. The second-order valence-electron chi connectivity index (χ2n) is 5.03. The van der Waals surface area contributed by atoms with E-state index >= 15 is 0 Å². The van der Waals surface area contributed by atoms with Gasteiger partial charge >= 0.3 is 109 Å². The van der Waals surface area contributed by atoms with E-state index in [0.29, 0.717) is 25.4 Å². The molecule has 1 aromatic rings. The van der Waals surface area contributed by atoms with Gasteiger partial charge in [-0.1, -0.05) is 0 Å². The van der Waals surface area contributed by atoms with E-state index in [9.17, 15) is 0 Å². The van der Waals surface area contributed by atoms with Crippen LogP contribution in [0.25, 0.3) is 0 Å². The Balaban J connectivity index is 1.85. The van der Waals surface area contributed by atoms with Gasteiger partial charge in [0.1, 0.15) is 0 Å². The van der Waals surface area contributed by atoms with Gasteiger partial charge in [-0.3, -0.25) is 0 Å². The molecule has 1 aliphatic carbocycles. The molecule has 0 amide bonds. The molecule has 0 N–H and O–H groups in total. The van der Waals surface area contributed by atoms with E-state index < -0.39 is 0 Å². The van der Waals surface area contributed by atoms with E-state index in [2.05, 4.69) is 43.8 Å². The minimum absolute atomic E-state index is 0.296. The third-order valence-corrected chi connectivity index (χ3v) is 7.51. The third kappa shape index (κ3) is 1.79. The van der Waals surface area contributed by atoms with Crippen molar-refractivity contribution in [2.24, 2.45) is 5.92 Å². The van der Waals surface area contributed by atoms with E-state index in [1.54, 1.807) is 0 Å². The zero-order chi connectivity index (χ0) is 11.9. The van der Waals surface area contributed by atoms with Crippen LogP contribution in [0.2, 0.25) is 4.31 Å². The number of hydrogen-bond acceptors (Lipinski definition) is 1. The van der Waals surface area contributed by atoms with Crippen molar-refractivity contribution in [3.05, 3.63) is 42.5 Å². The Kier molecular flexibility index (Phi) is 2.90. The molecule has 3 atom stereocenters. The summed E-state index contributed by atoms with van der Waals surface area (Å²) in [5.74, 6) is 0.744. The van der Waals surface area contributed by atoms with Crippen LogP contribution in [0.4, 0.5) is 0 Å². The van der Waals surface area contributed by atoms with Gasteiger partial charge in [-0.25, -0.2) is 0 Å². The Hall–Kier alpha value is -0.561. The fourth-order valence-corrected chi connectivity index (χ4v) is 6.19. The molecule has 0 spiro atoms. The summed E-state index contributed by atoms with van der Waals surface area (Å²) in [5, 5.41) is 0. The van der Waals surface area contributed by atoms with Crippen molar-refractivity contribution in [2.45, 2.75) is 30.2 Å². The van der Waals surface area contributed by atoms with Crippen LogP contribution in [0.1, 0.15) is 19.8 Å². The molecule has 1 heterocycles. The van der Waals surface area contributed by atoms with Crippen molar-refractivity contribution in [3.63, 3.8) is 0 Å². The van der Waals surface area contributed by atoms with Gasteiger partial charge in [-0.15, -0.1) is 0 Å². The molecular formula is C15H18OSe. The number of benzene rings is 1. The third-order valence-electron chi connectivity index (χ3n) is 3.88. The van der Waals surface area contributed by atoms with E-state index in [0.717, 1.165) is 12.5 Å². The van der Waals surface area contributed by atoms with Crippen LogP contribution in [0.3, 0.4) is 0 Å². The maximum absolute atomic E-state index is 5.96. The van der Waals surface area contributed by atoms with Crippen molar-refractivity contribution < 1.29 is 4.74 Å². The van der Waals surface area contributed by atoms with Crippen LogP contribution in [-0.2, 0) is 4.74 Å². The Morgan fingerprint density at radius 3 is 2.76 bits per heavy atom. The van der Waals surface area contributed by atoms with Crippen LogP contribution in [-0.4, -0.2) is 27.7 Å². The second-order valence-corrected chi connectivity index (χ2v) is 7.86. The van der Waals surface area contributed by atoms with Gasteiger partial charge in [0, 0.05) is 0 Å². The molecule has 17 heavy (non-hydrogen) atoms. The SMILES string of the molecule is C=C(C)[C@]1([Se]c2ccccc2)[C@@H]2OCCC[C@@H]21. The molecule has 0 radical (unpaired) electrons. The van der Waals surface area contributed by atoms with Crippen LogP contribution in [0, 0.1) is 5.92 Å². The Morgan fingerprint density at radius 1 is 1.41 bits per heavy atom. The van der Waals surface area contributed by atoms with Crippen molar-refractivity contribution in [3.8, 4) is 0 Å². The summed E-state index contributed by atoms with van der Waals surface area (Å²) in [6.45, 7) is 7.38. The monoisotopic (exact) mass is 294 g/mol. The van der Waals surface area contributed by atoms with Gasteiger partial charge < -0.3 is 0 Å². The first kappa shape index (κ1) is 11.5. The van der Waals surface area contributed by atoms with Crippen molar-refractivity contribution in [2.75, 3.05) is 6.61 Å². The summed E-state index contributed by atoms with van der Waals surface area (Å²) in [7, 11) is 0. The summed E-state index contributed by atoms with van der Waals surface area (Å²) >= 11 is 0.458. The molecule has 90 valence electrons. The summed E-state index contributed by atoms with van der Waals surface area (Å²) < 4.78 is 7.73. The predicted molar refractivity (Wildman–Crippen MR) is 71.8 cm³/mol. The van der Waals surface area contributed by atoms with Crippen molar-refractivity contribution >= 4 is 19.4 Å². The van der Waals surface area contributed by atoms with Gasteiger partial charge in [0.2, 0.25) is 0 Å². The van der Waals surface area contributed by atoms with Gasteiger partial charge in [-0.2, -0.15) is 0 Å². The molecule has 0 aromatic heterocycles. The fourth-order valence-electron chi connectivity index (χ4n) is 2.98. The minimum atomic E-state index is 0.296. The van der Waals surface area contributed by atoms with Crippen LogP contribution in [0.15, 0.2) is 42.5 Å². The first-order valence-corrected chi connectivity index (χ1v) is 7.98. The number of rotatable bonds is 3. The van der Waals surface area contributed by atoms with Gasteiger partial charge in [0.25, 0.3) is 0 Å². The quantitative estimate of drug-likeness (QED) is 0.615. The van der Waals surface area contributed by atoms with Crippen molar-refractivity contribution in [1.29, 1.82) is 0 Å². The summed E-state index contributed by atoms with van der Waals surface area (Å²) in [4.78, 5) is 0. The van der Waals surface area contributed by atoms with E-state index in [-0.39, 0.29) is 0 Å². The molecule has 1 saturated heterocycles. The summed E-state index contributed by atoms with van der Waals surface area (Å²) in [6, 6.07) is 10.8. The number of ether oxygens (including phenoxy) is 1. The second kappa shape index (κ2) is 4.28. The Morgan fingerprint density at radius 2 is 2.18 bits per heavy atom. The first-order chi connectivity index (χ1) is 8.25. The van der Waals surface area contributed by atoms with Crippen LogP contribution >= 0.6 is 0 Å². The van der Waals surface area contributed by atoms with Crippen molar-refractivity contribution in [1.82, 2.24) is 0 Å². The Bertz CT molecular complexity index is 414. The van der Waals surface area contributed by atoms with E-state index in [1.807, 2.05) is 0 Å². The molecule has 1 aliphatic heterocycles. The van der Waals surface area contributed by atoms with E-state index in [4.69, 9.17) is 4.74 Å². The molecule has 3 rings (SSSR count). The average Bonchev–Trinajstić information content (AvgIpc) is 3.00. The zero-order valence-corrected chi connectivity index (χ0v) is 11.9. The number of hydrogen-bond donors (Lipinski definition) is 0. The zero-order valence-electron chi connectivity index (χ0n) is 10.2. The Labute approximate surface area is 109 Å². The van der Waals surface area contributed by atoms with Gasteiger partial charge in [0.05, 0.1) is 0 Å². The fraction of sp³-hybridized carbons (Fsp3) is 0.467. The molecule has 2 fully saturated rings. The molecule has 2 aliphatic rings. The molecule has 0 bridgehead atoms. The van der Waals surface area contributed by atoms with Gasteiger partial charge in [-0.05, 0) is 0 Å².